The molecule has 19 heavy (non-hydrogen) atoms. The van der Waals surface area contributed by atoms with E-state index < -0.39 is 11.4 Å². The van der Waals surface area contributed by atoms with E-state index in [4.69, 9.17) is 9.84 Å². The molecule has 1 unspecified atom stereocenters. The zero-order valence-corrected chi connectivity index (χ0v) is 11.9. The molecule has 6 nitrogen and oxygen atoms in total. The van der Waals surface area contributed by atoms with Crippen LogP contribution in [0, 0.1) is 5.41 Å². The van der Waals surface area contributed by atoms with Crippen molar-refractivity contribution in [1.29, 1.82) is 0 Å². The maximum atomic E-state index is 11.4. The molecule has 0 aliphatic carbocycles. The van der Waals surface area contributed by atoms with E-state index in [1.54, 1.807) is 19.9 Å². The highest BCUT2D eigenvalue weighted by Crippen LogP contribution is 2.19. The molecule has 0 saturated heterocycles. The predicted molar refractivity (Wildman–Crippen MR) is 73.0 cm³/mol. The molecule has 0 aromatic carbocycles. The van der Waals surface area contributed by atoms with Crippen molar-refractivity contribution in [2.45, 2.75) is 33.3 Å². The van der Waals surface area contributed by atoms with Gasteiger partial charge < -0.3 is 20.5 Å². The van der Waals surface area contributed by atoms with Crippen molar-refractivity contribution in [3.8, 4) is 0 Å². The number of nitrogens with one attached hydrogen (secondary N) is 2. The van der Waals surface area contributed by atoms with E-state index in [2.05, 4.69) is 17.2 Å². The number of urea groups is 1. The number of aliphatic carboxylic acids is 1. The smallest absolute Gasteiger partial charge is 0.314 e. The number of hydrogen-bond acceptors (Lipinski definition) is 3. The summed E-state index contributed by atoms with van der Waals surface area (Å²) in [6.07, 6.45) is 1.92. The number of hydrogen-bond donors (Lipinski definition) is 3. The average molecular weight is 272 g/mol. The highest BCUT2D eigenvalue weighted by molar-refractivity contribution is 5.75. The molecule has 0 heterocycles. The van der Waals surface area contributed by atoms with Crippen LogP contribution >= 0.6 is 0 Å². The van der Waals surface area contributed by atoms with Crippen LogP contribution < -0.4 is 10.6 Å². The third-order valence-electron chi connectivity index (χ3n) is 2.66. The average Bonchev–Trinajstić information content (AvgIpc) is 2.33. The van der Waals surface area contributed by atoms with E-state index >= 15 is 0 Å². The van der Waals surface area contributed by atoms with Crippen LogP contribution in [0.2, 0.25) is 0 Å². The summed E-state index contributed by atoms with van der Waals surface area (Å²) in [5.74, 6) is -0.874. The molecule has 0 spiro atoms. The quantitative estimate of drug-likeness (QED) is 0.553. The van der Waals surface area contributed by atoms with Crippen molar-refractivity contribution in [3.63, 3.8) is 0 Å². The van der Waals surface area contributed by atoms with Gasteiger partial charge in [-0.25, -0.2) is 4.79 Å². The van der Waals surface area contributed by atoms with Crippen LogP contribution in [0.25, 0.3) is 0 Å². The van der Waals surface area contributed by atoms with E-state index in [9.17, 15) is 9.59 Å². The standard InChI is InChI=1S/C13H24N2O4/c1-5-8-19-10(2)9-15-12(18)14-7-6-13(3,4)11(16)17/h5,10H,1,6-9H2,2-4H3,(H,16,17)(H2,14,15,18). The first kappa shape index (κ1) is 17.4. The first-order valence-corrected chi connectivity index (χ1v) is 6.27. The van der Waals surface area contributed by atoms with Gasteiger partial charge in [-0.15, -0.1) is 6.58 Å². The fourth-order valence-electron chi connectivity index (χ4n) is 1.19. The van der Waals surface area contributed by atoms with Crippen molar-refractivity contribution in [2.24, 2.45) is 5.41 Å². The minimum atomic E-state index is -0.874. The SMILES string of the molecule is C=CCOC(C)CNC(=O)NCCC(C)(C)C(=O)O. The molecule has 6 heteroatoms. The third-order valence-corrected chi connectivity index (χ3v) is 2.66. The van der Waals surface area contributed by atoms with Gasteiger partial charge >= 0.3 is 12.0 Å². The Morgan fingerprint density at radius 1 is 1.42 bits per heavy atom. The summed E-state index contributed by atoms with van der Waals surface area (Å²) in [4.78, 5) is 22.3. The van der Waals surface area contributed by atoms with Crippen molar-refractivity contribution in [1.82, 2.24) is 10.6 Å². The molecule has 0 rings (SSSR count). The number of rotatable bonds is 9. The molecular weight excluding hydrogens is 248 g/mol. The maximum Gasteiger partial charge on any atom is 0.314 e. The molecule has 0 aliphatic rings. The van der Waals surface area contributed by atoms with Crippen LogP contribution in [0.4, 0.5) is 4.79 Å². The van der Waals surface area contributed by atoms with E-state index in [-0.39, 0.29) is 12.1 Å². The maximum absolute atomic E-state index is 11.4. The number of carbonyl (C=O) groups is 2. The van der Waals surface area contributed by atoms with Crippen LogP contribution in [0.5, 0.6) is 0 Å². The highest BCUT2D eigenvalue weighted by atomic mass is 16.5. The molecular formula is C13H24N2O4. The van der Waals surface area contributed by atoms with Gasteiger partial charge in [0.25, 0.3) is 0 Å². The molecule has 110 valence electrons. The van der Waals surface area contributed by atoms with Crippen molar-refractivity contribution < 1.29 is 19.4 Å². The second kappa shape index (κ2) is 8.53. The van der Waals surface area contributed by atoms with E-state index in [1.807, 2.05) is 6.92 Å². The summed E-state index contributed by atoms with van der Waals surface area (Å²) < 4.78 is 5.29. The Hall–Kier alpha value is -1.56. The topological polar surface area (TPSA) is 87.7 Å². The van der Waals surface area contributed by atoms with Gasteiger partial charge in [0.1, 0.15) is 0 Å². The molecule has 3 N–H and O–H groups in total. The first-order chi connectivity index (χ1) is 8.79. The second-order valence-electron chi connectivity index (χ2n) is 5.01. The lowest BCUT2D eigenvalue weighted by Crippen LogP contribution is -2.41. The minimum absolute atomic E-state index is 0.0980. The van der Waals surface area contributed by atoms with Gasteiger partial charge in [-0.3, -0.25) is 4.79 Å². The van der Waals surface area contributed by atoms with Crippen LogP contribution in [0.15, 0.2) is 12.7 Å². The van der Waals surface area contributed by atoms with Crippen LogP contribution in [0.3, 0.4) is 0 Å². The van der Waals surface area contributed by atoms with Crippen molar-refractivity contribution in [3.05, 3.63) is 12.7 Å². The van der Waals surface area contributed by atoms with Crippen LogP contribution in [0.1, 0.15) is 27.2 Å². The Morgan fingerprint density at radius 3 is 2.58 bits per heavy atom. The van der Waals surface area contributed by atoms with Gasteiger partial charge in [-0.2, -0.15) is 0 Å². The third kappa shape index (κ3) is 8.20. The number of carbonyl (C=O) groups excluding carboxylic acids is 1. The van der Waals surface area contributed by atoms with Crippen LogP contribution in [-0.2, 0) is 9.53 Å². The van der Waals surface area contributed by atoms with Gasteiger partial charge in [0.2, 0.25) is 0 Å². The lowest BCUT2D eigenvalue weighted by Gasteiger charge is -2.19. The van der Waals surface area contributed by atoms with Gasteiger partial charge in [0, 0.05) is 13.1 Å². The Morgan fingerprint density at radius 2 is 2.05 bits per heavy atom. The first-order valence-electron chi connectivity index (χ1n) is 6.27. The summed E-state index contributed by atoms with van der Waals surface area (Å²) in [5.41, 5.74) is -0.840. The largest absolute Gasteiger partial charge is 0.481 e. The molecule has 0 aromatic rings. The Balaban J connectivity index is 3.76. The lowest BCUT2D eigenvalue weighted by atomic mass is 9.90. The molecule has 0 aliphatic heterocycles. The van der Waals surface area contributed by atoms with Crippen molar-refractivity contribution in [2.75, 3.05) is 19.7 Å². The number of carboxylic acids is 1. The van der Waals surface area contributed by atoms with Gasteiger partial charge in [0.15, 0.2) is 0 Å². The fourth-order valence-corrected chi connectivity index (χ4v) is 1.19. The summed E-state index contributed by atoms with van der Waals surface area (Å²) in [6, 6.07) is -0.324. The summed E-state index contributed by atoms with van der Waals surface area (Å²) >= 11 is 0. The molecule has 0 bridgehead atoms. The normalized spacial score (nSPS) is 12.6. The van der Waals surface area contributed by atoms with E-state index in [0.717, 1.165) is 0 Å². The zero-order chi connectivity index (χ0) is 14.9. The minimum Gasteiger partial charge on any atom is -0.481 e. The number of ether oxygens (including phenoxy) is 1. The summed E-state index contributed by atoms with van der Waals surface area (Å²) in [5, 5.41) is 14.2. The molecule has 0 saturated carbocycles. The number of amides is 2. The Labute approximate surface area is 114 Å². The second-order valence-corrected chi connectivity index (χ2v) is 5.01. The number of carboxylic acid groups (broad SMARTS) is 1. The highest BCUT2D eigenvalue weighted by Gasteiger charge is 2.26. The molecule has 0 radical (unpaired) electrons. The fraction of sp³-hybridized carbons (Fsp3) is 0.692. The zero-order valence-electron chi connectivity index (χ0n) is 11.9. The van der Waals surface area contributed by atoms with Gasteiger partial charge in [-0.1, -0.05) is 6.08 Å². The molecule has 2 amide bonds. The predicted octanol–water partition coefficient (Wildman–Crippen LogP) is 1.38. The summed E-state index contributed by atoms with van der Waals surface area (Å²) in [6.45, 7) is 9.77. The van der Waals surface area contributed by atoms with Gasteiger partial charge in [0.05, 0.1) is 18.1 Å². The molecule has 1 atom stereocenters. The van der Waals surface area contributed by atoms with Gasteiger partial charge in [-0.05, 0) is 27.2 Å². The monoisotopic (exact) mass is 272 g/mol. The van der Waals surface area contributed by atoms with E-state index in [0.29, 0.717) is 26.1 Å². The van der Waals surface area contributed by atoms with Crippen LogP contribution in [-0.4, -0.2) is 42.9 Å². The Bertz CT molecular complexity index is 316. The molecule has 0 fully saturated rings. The Kier molecular flexibility index (Phi) is 7.83. The van der Waals surface area contributed by atoms with E-state index in [1.165, 1.54) is 0 Å². The lowest BCUT2D eigenvalue weighted by molar-refractivity contribution is -0.147. The summed E-state index contributed by atoms with van der Waals surface area (Å²) in [7, 11) is 0. The van der Waals surface area contributed by atoms with Crippen molar-refractivity contribution >= 4 is 12.0 Å². The molecule has 0 aromatic heterocycles.